The first kappa shape index (κ1) is 27.7. The minimum absolute atomic E-state index is 0.253. The topological polar surface area (TPSA) is 119 Å². The van der Waals surface area contributed by atoms with Gasteiger partial charge < -0.3 is 18.9 Å². The summed E-state index contributed by atoms with van der Waals surface area (Å²) in [7, 11) is 0. The van der Waals surface area contributed by atoms with E-state index in [1.807, 2.05) is 72.8 Å². The van der Waals surface area contributed by atoms with Crippen molar-refractivity contribution in [3.63, 3.8) is 0 Å². The first-order chi connectivity index (χ1) is 29.1. The first-order valence-electron chi connectivity index (χ1n) is 21.6. The number of nitriles is 2. The number of fused-ring (bicyclic) bond motifs is 2. The molecule has 2 aliphatic rings. The Balaban J connectivity index is 0.982. The maximum atomic E-state index is 13.7. The third kappa shape index (κ3) is 9.93. The van der Waals surface area contributed by atoms with Crippen molar-refractivity contribution in [2.24, 2.45) is 23.6 Å². The van der Waals surface area contributed by atoms with Crippen LogP contribution in [-0.4, -0.2) is 38.4 Å². The Labute approximate surface area is 322 Å². The second kappa shape index (κ2) is 18.6. The van der Waals surface area contributed by atoms with Crippen molar-refractivity contribution in [1.29, 1.82) is 10.5 Å². The van der Waals surface area contributed by atoms with Crippen LogP contribution >= 0.6 is 0 Å². The number of benzene rings is 4. The summed E-state index contributed by atoms with van der Waals surface area (Å²) >= 11 is 0. The smallest absolute Gasteiger partial charge is 0.310 e. The summed E-state index contributed by atoms with van der Waals surface area (Å²) in [6.45, 7) is 0.0194. The van der Waals surface area contributed by atoms with Gasteiger partial charge in [-0.25, -0.2) is 0 Å². The highest BCUT2D eigenvalue weighted by Crippen LogP contribution is 2.49. The van der Waals surface area contributed by atoms with Crippen LogP contribution in [0.15, 0.2) is 109 Å². The summed E-state index contributed by atoms with van der Waals surface area (Å²) in [5, 5.41) is 18.0. The number of hydrogen-bond donors (Lipinski definition) is 0. The minimum atomic E-state index is -3.46. The van der Waals surface area contributed by atoms with Crippen LogP contribution in [0.1, 0.15) is 67.0 Å². The van der Waals surface area contributed by atoms with Gasteiger partial charge in [0.05, 0.1) is 64.2 Å². The highest BCUT2D eigenvalue weighted by molar-refractivity contribution is 5.84. The molecule has 2 aliphatic carbocycles. The van der Waals surface area contributed by atoms with Crippen molar-refractivity contribution in [2.45, 2.75) is 44.9 Å². The quantitative estimate of drug-likeness (QED) is 0.0569. The molecule has 4 aromatic carbocycles. The fourth-order valence-electron chi connectivity index (χ4n) is 5.80. The van der Waals surface area contributed by atoms with Gasteiger partial charge in [-0.1, -0.05) is 60.6 Å². The van der Waals surface area contributed by atoms with Crippen LogP contribution in [0.3, 0.4) is 0 Å². The van der Waals surface area contributed by atoms with Crippen LogP contribution in [0.2, 0.25) is 0 Å². The lowest BCUT2D eigenvalue weighted by molar-refractivity contribution is -0.161. The standard InChI is InChI=1S/C45H44N2O6/c46-30-32-7-11-34(12-8-32)36-17-21-40(22-18-36)50-25-3-1-5-27-52-44(48)42-38-15-16-39(29-38)43(42)45(49)53-28-6-2-4-26-51-41-23-19-37(20-24-41)35-13-9-33(31-47)10-14-35/h7-24,38-39,42-43H,1-6,25-29H2/i15D,16D,29D2,38D,39D,42D,43D. The molecule has 0 radical (unpaired) electrons. The molecule has 4 unspecified atom stereocenters. The summed E-state index contributed by atoms with van der Waals surface area (Å²) in [5.74, 6) is -15.5. The molecule has 4 aromatic rings. The van der Waals surface area contributed by atoms with Crippen LogP contribution in [-0.2, 0) is 19.1 Å². The molecule has 1 saturated carbocycles. The maximum Gasteiger partial charge on any atom is 0.310 e. The third-order valence-corrected chi connectivity index (χ3v) is 8.71. The van der Waals surface area contributed by atoms with Crippen molar-refractivity contribution in [1.82, 2.24) is 0 Å². The number of carbonyl (C=O) groups is 2. The number of nitrogens with zero attached hydrogens (tertiary/aromatic N) is 2. The summed E-state index contributed by atoms with van der Waals surface area (Å²) in [6.07, 6.45) is -0.793. The van der Waals surface area contributed by atoms with Crippen LogP contribution in [0.5, 0.6) is 11.5 Å². The van der Waals surface area contributed by atoms with E-state index < -0.39 is 54.0 Å². The summed E-state index contributed by atoms with van der Waals surface area (Å²) in [5.41, 5.74) is 4.96. The number of unbranched alkanes of at least 4 members (excludes halogenated alkanes) is 4. The van der Waals surface area contributed by atoms with E-state index in [9.17, 15) is 12.3 Å². The van der Waals surface area contributed by atoms with E-state index in [0.29, 0.717) is 61.5 Å². The van der Waals surface area contributed by atoms with Crippen molar-refractivity contribution in [3.8, 4) is 45.9 Å². The van der Waals surface area contributed by atoms with Crippen LogP contribution in [0.25, 0.3) is 22.3 Å². The van der Waals surface area contributed by atoms with Crippen molar-refractivity contribution >= 4 is 11.9 Å². The summed E-state index contributed by atoms with van der Waals surface area (Å²) in [4.78, 5) is 27.5. The molecule has 6 rings (SSSR count). The fraction of sp³-hybridized carbons (Fsp3) is 0.333. The van der Waals surface area contributed by atoms with Gasteiger partial charge in [0.2, 0.25) is 0 Å². The molecule has 4 atom stereocenters. The molecular weight excluding hydrogens is 665 g/mol. The SMILES string of the molecule is [2H]C1=C([2H])C2([2H])C([2H])([2H])C1([2H])C([2H])(C(=O)OCCCCCOc1ccc(-c3ccc(C#N)cc3)cc1)C2([2H])C(=O)OCCCCCOc1ccc(-c2ccc(C#N)cc2)cc1. The van der Waals surface area contributed by atoms with Gasteiger partial charge in [-0.05, 0) is 127 Å². The lowest BCUT2D eigenvalue weighted by atomic mass is 9.83. The molecule has 0 spiro atoms. The van der Waals surface area contributed by atoms with E-state index in [-0.39, 0.29) is 26.1 Å². The van der Waals surface area contributed by atoms with Gasteiger partial charge in [0, 0.05) is 8.22 Å². The Morgan fingerprint density at radius 1 is 0.566 bits per heavy atom. The molecule has 0 aromatic heterocycles. The van der Waals surface area contributed by atoms with Crippen LogP contribution in [0, 0.1) is 46.2 Å². The molecule has 270 valence electrons. The summed E-state index contributed by atoms with van der Waals surface area (Å²) < 4.78 is 92.8. The van der Waals surface area contributed by atoms with Gasteiger partial charge in [0.1, 0.15) is 11.5 Å². The fourth-order valence-corrected chi connectivity index (χ4v) is 5.80. The highest BCUT2D eigenvalue weighted by atomic mass is 16.5. The van der Waals surface area contributed by atoms with Crippen molar-refractivity contribution in [3.05, 3.63) is 120 Å². The largest absolute Gasteiger partial charge is 0.494 e. The zero-order chi connectivity index (χ0) is 44.1. The summed E-state index contributed by atoms with van der Waals surface area (Å²) in [6, 6.07) is 31.2. The maximum absolute atomic E-state index is 13.7. The Kier molecular flexibility index (Phi) is 9.73. The molecule has 2 bridgehead atoms. The van der Waals surface area contributed by atoms with Gasteiger partial charge in [-0.2, -0.15) is 10.5 Å². The van der Waals surface area contributed by atoms with Crippen molar-refractivity contribution < 1.29 is 39.5 Å². The molecule has 0 saturated heterocycles. The van der Waals surface area contributed by atoms with Gasteiger partial charge in [-0.3, -0.25) is 9.59 Å². The molecule has 1 fully saturated rings. The van der Waals surface area contributed by atoms with E-state index >= 15 is 0 Å². The average Bonchev–Trinajstić information content (AvgIpc) is 3.44. The van der Waals surface area contributed by atoms with Crippen LogP contribution in [0.4, 0.5) is 0 Å². The van der Waals surface area contributed by atoms with E-state index in [0.717, 1.165) is 22.3 Å². The Bertz CT molecular complexity index is 2190. The van der Waals surface area contributed by atoms with Gasteiger partial charge in [0.25, 0.3) is 0 Å². The van der Waals surface area contributed by atoms with Gasteiger partial charge in [0.15, 0.2) is 0 Å². The van der Waals surface area contributed by atoms with E-state index in [1.54, 1.807) is 24.3 Å². The predicted octanol–water partition coefficient (Wildman–Crippen LogP) is 9.09. The number of esters is 2. The first-order valence-corrected chi connectivity index (χ1v) is 17.6. The molecule has 8 nitrogen and oxygen atoms in total. The lowest BCUT2D eigenvalue weighted by Crippen LogP contribution is -2.35. The molecule has 0 heterocycles. The number of ether oxygens (including phenoxy) is 4. The average molecular weight is 717 g/mol. The lowest BCUT2D eigenvalue weighted by Gasteiger charge is -2.25. The molecular formula is C45H44N2O6. The van der Waals surface area contributed by atoms with Crippen LogP contribution < -0.4 is 9.47 Å². The zero-order valence-corrected chi connectivity index (χ0v) is 29.2. The molecule has 0 N–H and O–H groups in total. The predicted molar refractivity (Wildman–Crippen MR) is 202 cm³/mol. The minimum Gasteiger partial charge on any atom is -0.494 e. The molecule has 0 amide bonds. The molecule has 53 heavy (non-hydrogen) atoms. The Morgan fingerprint density at radius 3 is 1.26 bits per heavy atom. The second-order valence-corrected chi connectivity index (χ2v) is 12.4. The Hall–Kier alpha value is -5.86. The normalized spacial score (nSPS) is 27.2. The van der Waals surface area contributed by atoms with Gasteiger partial charge >= 0.3 is 11.9 Å². The number of carbonyl (C=O) groups excluding carboxylic acids is 2. The zero-order valence-electron chi connectivity index (χ0n) is 37.2. The number of hydrogen-bond acceptors (Lipinski definition) is 8. The Morgan fingerprint density at radius 2 is 0.906 bits per heavy atom. The van der Waals surface area contributed by atoms with E-state index in [1.165, 1.54) is 0 Å². The van der Waals surface area contributed by atoms with Gasteiger partial charge in [-0.15, -0.1) is 0 Å². The second-order valence-electron chi connectivity index (χ2n) is 12.4. The monoisotopic (exact) mass is 716 g/mol. The molecule has 0 aliphatic heterocycles. The highest BCUT2D eigenvalue weighted by Gasteiger charge is 2.53. The third-order valence-electron chi connectivity index (χ3n) is 8.71. The molecule has 8 heteroatoms. The number of rotatable bonds is 18. The van der Waals surface area contributed by atoms with E-state index in [2.05, 4.69) is 12.1 Å². The van der Waals surface area contributed by atoms with E-state index in [4.69, 9.17) is 37.7 Å². The number of allylic oxidation sites excluding steroid dienone is 2. The van der Waals surface area contributed by atoms with Crippen molar-refractivity contribution in [2.75, 3.05) is 26.4 Å².